The largest absolute Gasteiger partial charge is 0.383 e. The molecule has 1 heterocycles. The van der Waals surface area contributed by atoms with Gasteiger partial charge in [-0.2, -0.15) is 0 Å². The van der Waals surface area contributed by atoms with Crippen LogP contribution in [0.25, 0.3) is 0 Å². The lowest BCUT2D eigenvalue weighted by molar-refractivity contribution is -0.135. The van der Waals surface area contributed by atoms with Gasteiger partial charge in [0.15, 0.2) is 0 Å². The number of benzene rings is 1. The van der Waals surface area contributed by atoms with E-state index in [1.165, 1.54) is 6.20 Å². The van der Waals surface area contributed by atoms with Gasteiger partial charge in [-0.1, -0.05) is 43.7 Å². The van der Waals surface area contributed by atoms with E-state index < -0.39 is 9.84 Å². The molecule has 1 aromatic heterocycles. The minimum Gasteiger partial charge on any atom is -0.383 e. The molecule has 8 nitrogen and oxygen atoms in total. The van der Waals surface area contributed by atoms with Crippen molar-refractivity contribution in [3.8, 4) is 0 Å². The lowest BCUT2D eigenvalue weighted by Gasteiger charge is -2.25. The number of imidazole rings is 1. The van der Waals surface area contributed by atoms with Gasteiger partial charge in [-0.05, 0) is 12.5 Å². The van der Waals surface area contributed by atoms with Gasteiger partial charge in [0.1, 0.15) is 0 Å². The van der Waals surface area contributed by atoms with E-state index in [0.29, 0.717) is 37.6 Å². The summed E-state index contributed by atoms with van der Waals surface area (Å²) in [7, 11) is -0.548. The van der Waals surface area contributed by atoms with Crippen molar-refractivity contribution in [2.75, 3.05) is 34.0 Å². The van der Waals surface area contributed by atoms with Gasteiger partial charge < -0.3 is 18.9 Å². The zero-order valence-electron chi connectivity index (χ0n) is 19.0. The highest BCUT2D eigenvalue weighted by atomic mass is 32.2. The fourth-order valence-corrected chi connectivity index (χ4v) is 4.70. The number of hydrogen-bond donors (Lipinski definition) is 0. The Morgan fingerprint density at radius 2 is 1.77 bits per heavy atom. The molecule has 1 aromatic carbocycles. The standard InChI is InChI=1S/C22H33N3O5S/c1-17(2)21(26)24(10-12-29-4)15-20-14-23-22(25(20)11-13-30-5)31(27,28)16-19-8-6-18(3)7-9-19/h6-9,14,17H,10-13,15-16H2,1-5H3. The van der Waals surface area contributed by atoms with Gasteiger partial charge in [0.2, 0.25) is 20.9 Å². The van der Waals surface area contributed by atoms with Crippen molar-refractivity contribution < 1.29 is 22.7 Å². The van der Waals surface area contributed by atoms with E-state index in [1.54, 1.807) is 23.7 Å². The molecule has 0 bridgehead atoms. The first-order valence-electron chi connectivity index (χ1n) is 10.3. The number of hydrogen-bond acceptors (Lipinski definition) is 6. The second-order valence-corrected chi connectivity index (χ2v) is 9.71. The van der Waals surface area contributed by atoms with Crippen molar-refractivity contribution in [1.82, 2.24) is 14.5 Å². The number of sulfone groups is 1. The maximum Gasteiger partial charge on any atom is 0.228 e. The third kappa shape index (κ3) is 6.88. The molecule has 2 aromatic rings. The highest BCUT2D eigenvalue weighted by Crippen LogP contribution is 2.20. The first kappa shape index (κ1) is 25.0. The van der Waals surface area contributed by atoms with Crippen molar-refractivity contribution in [2.24, 2.45) is 5.92 Å². The SMILES string of the molecule is COCCN(Cc1cnc(S(=O)(=O)Cc2ccc(C)cc2)n1CCOC)C(=O)C(C)C. The number of carbonyl (C=O) groups is 1. The average molecular weight is 452 g/mol. The number of rotatable bonds is 12. The first-order valence-corrected chi connectivity index (χ1v) is 11.9. The topological polar surface area (TPSA) is 90.7 Å². The summed E-state index contributed by atoms with van der Waals surface area (Å²) < 4.78 is 38.3. The van der Waals surface area contributed by atoms with Gasteiger partial charge in [0.25, 0.3) is 0 Å². The van der Waals surface area contributed by atoms with Crippen LogP contribution in [0, 0.1) is 12.8 Å². The van der Waals surface area contributed by atoms with Crippen molar-refractivity contribution in [3.05, 3.63) is 47.3 Å². The average Bonchev–Trinajstić information content (AvgIpc) is 3.13. The van der Waals surface area contributed by atoms with E-state index >= 15 is 0 Å². The van der Waals surface area contributed by atoms with Crippen LogP contribution in [0.2, 0.25) is 0 Å². The number of aromatic nitrogens is 2. The number of methoxy groups -OCH3 is 2. The van der Waals surface area contributed by atoms with Crippen molar-refractivity contribution in [2.45, 2.75) is 44.8 Å². The van der Waals surface area contributed by atoms with Gasteiger partial charge in [-0.3, -0.25) is 4.79 Å². The smallest absolute Gasteiger partial charge is 0.228 e. The predicted octanol–water partition coefficient (Wildman–Crippen LogP) is 2.44. The number of amides is 1. The molecule has 0 saturated heterocycles. The quantitative estimate of drug-likeness (QED) is 0.492. The molecule has 0 aliphatic carbocycles. The van der Waals surface area contributed by atoms with E-state index in [4.69, 9.17) is 9.47 Å². The maximum absolute atomic E-state index is 13.2. The third-order valence-electron chi connectivity index (χ3n) is 4.90. The Kier molecular flexibility index (Phi) is 9.21. The van der Waals surface area contributed by atoms with Gasteiger partial charge in [-0.15, -0.1) is 0 Å². The molecule has 0 aliphatic heterocycles. The molecule has 0 N–H and O–H groups in total. The van der Waals surface area contributed by atoms with E-state index in [9.17, 15) is 13.2 Å². The van der Waals surface area contributed by atoms with Crippen LogP contribution in [0.3, 0.4) is 0 Å². The van der Waals surface area contributed by atoms with Crippen LogP contribution in [-0.2, 0) is 42.9 Å². The highest BCUT2D eigenvalue weighted by molar-refractivity contribution is 7.90. The zero-order chi connectivity index (χ0) is 23.0. The van der Waals surface area contributed by atoms with Crippen LogP contribution in [0.4, 0.5) is 0 Å². The molecule has 0 atom stereocenters. The third-order valence-corrected chi connectivity index (χ3v) is 6.50. The normalized spacial score (nSPS) is 11.8. The molecule has 172 valence electrons. The molecular weight excluding hydrogens is 418 g/mol. The molecule has 0 radical (unpaired) electrons. The molecule has 31 heavy (non-hydrogen) atoms. The summed E-state index contributed by atoms with van der Waals surface area (Å²) in [6.45, 7) is 7.32. The summed E-state index contributed by atoms with van der Waals surface area (Å²) in [4.78, 5) is 18.6. The maximum atomic E-state index is 13.2. The second kappa shape index (κ2) is 11.4. The number of nitrogens with zero attached hydrogens (tertiary/aromatic N) is 3. The van der Waals surface area contributed by atoms with E-state index in [1.807, 2.05) is 45.0 Å². The molecule has 0 spiro atoms. The van der Waals surface area contributed by atoms with Gasteiger partial charge in [0.05, 0.1) is 37.4 Å². The van der Waals surface area contributed by atoms with Gasteiger partial charge in [-0.25, -0.2) is 13.4 Å². The monoisotopic (exact) mass is 451 g/mol. The van der Waals surface area contributed by atoms with Crippen molar-refractivity contribution >= 4 is 15.7 Å². The Labute approximate surface area is 185 Å². The van der Waals surface area contributed by atoms with Crippen LogP contribution in [0.1, 0.15) is 30.7 Å². The molecule has 2 rings (SSSR count). The Bertz CT molecular complexity index is 952. The van der Waals surface area contributed by atoms with Crippen LogP contribution >= 0.6 is 0 Å². The van der Waals surface area contributed by atoms with Gasteiger partial charge >= 0.3 is 0 Å². The highest BCUT2D eigenvalue weighted by Gasteiger charge is 2.26. The van der Waals surface area contributed by atoms with Crippen LogP contribution in [0.15, 0.2) is 35.6 Å². The Hall–Kier alpha value is -2.23. The van der Waals surface area contributed by atoms with E-state index in [0.717, 1.165) is 5.56 Å². The molecule has 0 saturated carbocycles. The summed E-state index contributed by atoms with van der Waals surface area (Å²) in [6, 6.07) is 7.39. The number of ether oxygens (including phenoxy) is 2. The Morgan fingerprint density at radius 1 is 1.13 bits per heavy atom. The number of aryl methyl sites for hydroxylation is 1. The summed E-state index contributed by atoms with van der Waals surface area (Å²) >= 11 is 0. The van der Waals surface area contributed by atoms with Crippen LogP contribution < -0.4 is 0 Å². The van der Waals surface area contributed by atoms with Crippen LogP contribution in [-0.4, -0.2) is 62.8 Å². The molecule has 1 amide bonds. The van der Waals surface area contributed by atoms with Crippen LogP contribution in [0.5, 0.6) is 0 Å². The zero-order valence-corrected chi connectivity index (χ0v) is 19.8. The minimum atomic E-state index is -3.69. The molecule has 0 fully saturated rings. The van der Waals surface area contributed by atoms with Gasteiger partial charge in [0, 0.05) is 33.2 Å². The predicted molar refractivity (Wildman–Crippen MR) is 118 cm³/mol. The second-order valence-electron chi connectivity index (χ2n) is 7.83. The lowest BCUT2D eigenvalue weighted by atomic mass is 10.2. The summed E-state index contributed by atoms with van der Waals surface area (Å²) in [5, 5.41) is -0.0104. The minimum absolute atomic E-state index is 0.0104. The first-order chi connectivity index (χ1) is 14.7. The van der Waals surface area contributed by atoms with E-state index in [-0.39, 0.29) is 29.3 Å². The fraction of sp³-hybridized carbons (Fsp3) is 0.545. The Morgan fingerprint density at radius 3 is 2.35 bits per heavy atom. The van der Waals surface area contributed by atoms with E-state index in [2.05, 4.69) is 4.98 Å². The Balaban J connectivity index is 2.36. The lowest BCUT2D eigenvalue weighted by Crippen LogP contribution is -2.37. The summed E-state index contributed by atoms with van der Waals surface area (Å²) in [5.74, 6) is -0.354. The fourth-order valence-electron chi connectivity index (χ4n) is 3.19. The summed E-state index contributed by atoms with van der Waals surface area (Å²) in [6.07, 6.45) is 1.53. The molecule has 9 heteroatoms. The molecule has 0 unspecified atom stereocenters. The van der Waals surface area contributed by atoms with Crippen molar-refractivity contribution in [3.63, 3.8) is 0 Å². The molecule has 0 aliphatic rings. The van der Waals surface area contributed by atoms with Crippen molar-refractivity contribution in [1.29, 1.82) is 0 Å². The summed E-state index contributed by atoms with van der Waals surface area (Å²) in [5.41, 5.74) is 2.41. The molecular formula is C22H33N3O5S. The number of carbonyl (C=O) groups excluding carboxylic acids is 1.